The van der Waals surface area contributed by atoms with Crippen LogP contribution in [0, 0.1) is 5.92 Å². The molecule has 0 amide bonds. The molecule has 64 heavy (non-hydrogen) atoms. The quantitative estimate of drug-likeness (QED) is 0.156. The Morgan fingerprint density at radius 3 is 1.86 bits per heavy atom. The number of anilines is 3. The van der Waals surface area contributed by atoms with Crippen molar-refractivity contribution in [2.75, 3.05) is 4.90 Å². The Balaban J connectivity index is 1.14. The van der Waals surface area contributed by atoms with Gasteiger partial charge in [-0.1, -0.05) is 194 Å². The van der Waals surface area contributed by atoms with Crippen molar-refractivity contribution in [2.45, 2.75) is 17.3 Å². The average Bonchev–Trinajstić information content (AvgIpc) is 3.87. The first-order valence-electron chi connectivity index (χ1n) is 22.6. The van der Waals surface area contributed by atoms with Gasteiger partial charge in [-0.25, -0.2) is 0 Å². The van der Waals surface area contributed by atoms with Gasteiger partial charge in [-0.05, 0) is 117 Å². The van der Waals surface area contributed by atoms with Gasteiger partial charge in [-0.3, -0.25) is 0 Å². The Bertz CT molecular complexity index is 3490. The van der Waals surface area contributed by atoms with E-state index in [0.29, 0.717) is 0 Å². The first kappa shape index (κ1) is 36.7. The second-order valence-electron chi connectivity index (χ2n) is 17.5. The second kappa shape index (κ2) is 14.3. The van der Waals surface area contributed by atoms with Gasteiger partial charge >= 0.3 is 0 Å². The SMILES string of the molecule is C1=CCC(C23c4ccccc4-c4cccc(c42)C(c2ccccc2)(c2ccccc2N(c2ccccc2)c2ccc4c(c2)c2ccccc2n4-c2ccccc2)c2ccccc23)C=C1. The molecule has 0 aliphatic heterocycles. The third kappa shape index (κ3) is 4.97. The van der Waals surface area contributed by atoms with E-state index >= 15 is 0 Å². The molecule has 0 spiro atoms. The maximum Gasteiger partial charge on any atom is 0.0728 e. The molecule has 1 heterocycles. The normalized spacial score (nSPS) is 19.0. The van der Waals surface area contributed by atoms with Crippen LogP contribution in [-0.4, -0.2) is 4.57 Å². The molecule has 3 unspecified atom stereocenters. The third-order valence-electron chi connectivity index (χ3n) is 14.5. The zero-order valence-corrected chi connectivity index (χ0v) is 35.4. The van der Waals surface area contributed by atoms with Crippen molar-refractivity contribution >= 4 is 38.9 Å². The van der Waals surface area contributed by atoms with Crippen molar-refractivity contribution in [1.29, 1.82) is 0 Å². The van der Waals surface area contributed by atoms with Crippen LogP contribution < -0.4 is 4.90 Å². The number of benzene rings is 9. The molecule has 10 aromatic rings. The summed E-state index contributed by atoms with van der Waals surface area (Å²) in [5, 5.41) is 2.45. The highest BCUT2D eigenvalue weighted by molar-refractivity contribution is 6.11. The molecule has 0 radical (unpaired) electrons. The van der Waals surface area contributed by atoms with E-state index in [-0.39, 0.29) is 11.3 Å². The molecule has 0 saturated carbocycles. The number of hydrogen-bond donors (Lipinski definition) is 0. The lowest BCUT2D eigenvalue weighted by molar-refractivity contribution is 0.431. The third-order valence-corrected chi connectivity index (χ3v) is 14.5. The molecule has 2 nitrogen and oxygen atoms in total. The zero-order valence-electron chi connectivity index (χ0n) is 35.4. The van der Waals surface area contributed by atoms with Crippen molar-refractivity contribution in [3.8, 4) is 16.8 Å². The highest BCUT2D eigenvalue weighted by atomic mass is 15.1. The lowest BCUT2D eigenvalue weighted by atomic mass is 9.49. The summed E-state index contributed by atoms with van der Waals surface area (Å²) >= 11 is 0. The van der Waals surface area contributed by atoms with Crippen LogP contribution in [0.2, 0.25) is 0 Å². The Hall–Kier alpha value is -7.94. The largest absolute Gasteiger partial charge is 0.310 e. The van der Waals surface area contributed by atoms with E-state index < -0.39 is 5.41 Å². The zero-order chi connectivity index (χ0) is 42.2. The number of rotatable bonds is 7. The summed E-state index contributed by atoms with van der Waals surface area (Å²) in [5.74, 6) is 0.233. The van der Waals surface area contributed by atoms with E-state index in [4.69, 9.17) is 0 Å². The molecule has 0 bridgehead atoms. The van der Waals surface area contributed by atoms with Crippen molar-refractivity contribution < 1.29 is 0 Å². The summed E-state index contributed by atoms with van der Waals surface area (Å²) in [6, 6.07) is 83.9. The van der Waals surface area contributed by atoms with Gasteiger partial charge in [-0.15, -0.1) is 0 Å². The van der Waals surface area contributed by atoms with Gasteiger partial charge in [0.1, 0.15) is 0 Å². The fraction of sp³-hybridized carbons (Fsp3) is 0.0645. The van der Waals surface area contributed by atoms with E-state index in [1.165, 1.54) is 71.9 Å². The topological polar surface area (TPSA) is 8.17 Å². The fourth-order valence-electron chi connectivity index (χ4n) is 12.2. The van der Waals surface area contributed by atoms with Crippen LogP contribution in [0.5, 0.6) is 0 Å². The fourth-order valence-corrected chi connectivity index (χ4v) is 12.2. The lowest BCUT2D eigenvalue weighted by Gasteiger charge is -2.52. The van der Waals surface area contributed by atoms with Gasteiger partial charge in [0.25, 0.3) is 0 Å². The minimum atomic E-state index is -0.694. The molecule has 1 aromatic heterocycles. The standard InChI is InChI=1S/C62H44N2/c1-5-22-43(23-6-1)61(53-34-16-17-35-54(53)62(44-24-7-2-8-25-44)52-33-15-13-30-48(52)50-32-21-37-56(61)60(50)62)55-36-18-20-39-59(55)63(45-26-9-3-10-27-45)47-40-41-58-51(42-47)49-31-14-19-38-57(49)64(58)46-28-11-4-12-29-46/h1-24,26-42,44H,25H2. The van der Waals surface area contributed by atoms with E-state index in [1.807, 2.05) is 0 Å². The van der Waals surface area contributed by atoms with Gasteiger partial charge in [0.15, 0.2) is 0 Å². The van der Waals surface area contributed by atoms with Gasteiger partial charge < -0.3 is 9.47 Å². The van der Waals surface area contributed by atoms with E-state index in [0.717, 1.165) is 29.2 Å². The highest BCUT2D eigenvalue weighted by Crippen LogP contribution is 2.67. The molecule has 3 aliphatic rings. The number of para-hydroxylation sites is 4. The summed E-state index contributed by atoms with van der Waals surface area (Å²) in [6.45, 7) is 0. The van der Waals surface area contributed by atoms with Gasteiger partial charge in [-0.2, -0.15) is 0 Å². The minimum absolute atomic E-state index is 0.233. The molecular weight excluding hydrogens is 773 g/mol. The van der Waals surface area contributed by atoms with Gasteiger partial charge in [0, 0.05) is 27.8 Å². The van der Waals surface area contributed by atoms with Crippen LogP contribution >= 0.6 is 0 Å². The second-order valence-corrected chi connectivity index (χ2v) is 17.5. The van der Waals surface area contributed by atoms with Crippen LogP contribution in [0.3, 0.4) is 0 Å². The molecule has 0 saturated heterocycles. The average molecular weight is 817 g/mol. The van der Waals surface area contributed by atoms with Crippen LogP contribution in [-0.2, 0) is 10.8 Å². The first-order valence-corrected chi connectivity index (χ1v) is 22.6. The predicted octanol–water partition coefficient (Wildman–Crippen LogP) is 15.4. The van der Waals surface area contributed by atoms with Crippen LogP contribution in [0.1, 0.15) is 45.4 Å². The predicted molar refractivity (Wildman–Crippen MR) is 265 cm³/mol. The van der Waals surface area contributed by atoms with Crippen molar-refractivity contribution in [1.82, 2.24) is 4.57 Å². The Labute approximate surface area is 374 Å². The number of allylic oxidation sites excluding steroid dienone is 4. The Morgan fingerprint density at radius 2 is 1.06 bits per heavy atom. The maximum atomic E-state index is 2.51. The van der Waals surface area contributed by atoms with Crippen LogP contribution in [0.25, 0.3) is 38.6 Å². The van der Waals surface area contributed by atoms with Crippen molar-refractivity contribution in [2.24, 2.45) is 5.92 Å². The van der Waals surface area contributed by atoms with E-state index in [1.54, 1.807) is 0 Å². The van der Waals surface area contributed by atoms with Crippen LogP contribution in [0.15, 0.2) is 249 Å². The van der Waals surface area contributed by atoms with Crippen molar-refractivity contribution in [3.63, 3.8) is 0 Å². The molecular formula is C62H44N2. The molecule has 2 heteroatoms. The first-order chi connectivity index (χ1) is 31.8. The molecule has 0 fully saturated rings. The Morgan fingerprint density at radius 1 is 0.438 bits per heavy atom. The number of aromatic nitrogens is 1. The van der Waals surface area contributed by atoms with Gasteiger partial charge in [0.2, 0.25) is 0 Å². The summed E-state index contributed by atoms with van der Waals surface area (Å²) in [4.78, 5) is 2.51. The number of hydrogen-bond acceptors (Lipinski definition) is 1. The van der Waals surface area contributed by atoms with Crippen LogP contribution in [0.4, 0.5) is 17.1 Å². The highest BCUT2D eigenvalue weighted by Gasteiger charge is 2.59. The lowest BCUT2D eigenvalue weighted by Crippen LogP contribution is -2.47. The molecule has 13 rings (SSSR count). The molecule has 0 N–H and O–H groups in total. The maximum absolute atomic E-state index is 2.51. The summed E-state index contributed by atoms with van der Waals surface area (Å²) in [6.07, 6.45) is 10.3. The van der Waals surface area contributed by atoms with E-state index in [2.05, 4.69) is 258 Å². The minimum Gasteiger partial charge on any atom is -0.310 e. The van der Waals surface area contributed by atoms with Gasteiger partial charge in [0.05, 0.1) is 27.6 Å². The molecule has 3 atom stereocenters. The molecule has 302 valence electrons. The molecule has 9 aromatic carbocycles. The van der Waals surface area contributed by atoms with E-state index in [9.17, 15) is 0 Å². The monoisotopic (exact) mass is 816 g/mol. The summed E-state index contributed by atoms with van der Waals surface area (Å²) in [5.41, 5.74) is 17.8. The smallest absolute Gasteiger partial charge is 0.0728 e. The Kier molecular flexibility index (Phi) is 8.20. The van der Waals surface area contributed by atoms with Crippen molar-refractivity contribution in [3.05, 3.63) is 288 Å². The number of fused-ring (bicyclic) bond motifs is 8. The number of nitrogens with zero attached hydrogens (tertiary/aromatic N) is 2. The summed E-state index contributed by atoms with van der Waals surface area (Å²) in [7, 11) is 0. The molecule has 3 aliphatic carbocycles. The summed E-state index contributed by atoms with van der Waals surface area (Å²) < 4.78 is 2.40.